The molecule has 0 fully saturated rings. The van der Waals surface area contributed by atoms with Crippen LogP contribution in [0.15, 0.2) is 60.0 Å². The van der Waals surface area contributed by atoms with Crippen LogP contribution >= 0.6 is 11.3 Å². The molecule has 1 heterocycles. The number of aromatic nitrogens is 1. The first-order valence-electron chi connectivity index (χ1n) is 9.68. The van der Waals surface area contributed by atoms with Crippen molar-refractivity contribution in [3.63, 3.8) is 0 Å². The Labute approximate surface area is 183 Å². The number of rotatable bonds is 5. The third-order valence-electron chi connectivity index (χ3n) is 4.28. The lowest BCUT2D eigenvalue weighted by atomic mass is 10.1. The molecule has 8 heteroatoms. The molecule has 3 aromatic rings. The maximum absolute atomic E-state index is 13.1. The van der Waals surface area contributed by atoms with Crippen molar-refractivity contribution in [3.05, 3.63) is 76.1 Å². The van der Waals surface area contributed by atoms with Crippen LogP contribution in [-0.4, -0.2) is 16.7 Å². The van der Waals surface area contributed by atoms with Crippen molar-refractivity contribution in [1.82, 2.24) is 10.3 Å². The molecule has 31 heavy (non-hydrogen) atoms. The first kappa shape index (κ1) is 22.8. The zero-order valence-corrected chi connectivity index (χ0v) is 18.2. The highest BCUT2D eigenvalue weighted by molar-refractivity contribution is 7.10. The standard InChI is InChI=1S/C23H23F3N2O2S/c1-22(2,3)30-21(29)28-18(12-15-8-5-4-6-9-15)20-27-19(14-31-20)16-10-7-11-17(13-16)23(24,25)26/h4-11,13-14,18H,12H2,1-3H3,(H,28,29)/t18-/m0/s1. The average Bonchev–Trinajstić information content (AvgIpc) is 3.16. The minimum atomic E-state index is -4.43. The quantitative estimate of drug-likeness (QED) is 0.476. The Hall–Kier alpha value is -2.87. The molecule has 0 saturated carbocycles. The van der Waals surface area contributed by atoms with Crippen LogP contribution in [0.3, 0.4) is 0 Å². The van der Waals surface area contributed by atoms with E-state index in [0.717, 1.165) is 17.7 Å². The van der Waals surface area contributed by atoms with Crippen molar-refractivity contribution in [3.8, 4) is 11.3 Å². The number of hydrogen-bond acceptors (Lipinski definition) is 4. The molecule has 0 unspecified atom stereocenters. The number of hydrogen-bond donors (Lipinski definition) is 1. The largest absolute Gasteiger partial charge is 0.444 e. The Bertz CT molecular complexity index is 1030. The van der Waals surface area contributed by atoms with Gasteiger partial charge in [-0.05, 0) is 44.9 Å². The first-order valence-corrected chi connectivity index (χ1v) is 10.6. The molecule has 0 aliphatic carbocycles. The maximum atomic E-state index is 13.1. The SMILES string of the molecule is CC(C)(C)OC(=O)N[C@@H](Cc1ccccc1)c1nc(-c2cccc(C(F)(F)F)c2)cs1. The van der Waals surface area contributed by atoms with E-state index in [-0.39, 0.29) is 0 Å². The summed E-state index contributed by atoms with van der Waals surface area (Å²) in [5.41, 5.74) is 0.392. The van der Waals surface area contributed by atoms with E-state index >= 15 is 0 Å². The predicted molar refractivity (Wildman–Crippen MR) is 115 cm³/mol. The number of ether oxygens (including phenoxy) is 1. The van der Waals surface area contributed by atoms with Crippen molar-refractivity contribution >= 4 is 17.4 Å². The summed E-state index contributed by atoms with van der Waals surface area (Å²) >= 11 is 1.28. The zero-order chi connectivity index (χ0) is 22.6. The van der Waals surface area contributed by atoms with Crippen LogP contribution in [0, 0.1) is 0 Å². The fourth-order valence-electron chi connectivity index (χ4n) is 2.93. The monoisotopic (exact) mass is 448 g/mol. The van der Waals surface area contributed by atoms with Gasteiger partial charge in [-0.2, -0.15) is 13.2 Å². The Balaban J connectivity index is 1.88. The number of amides is 1. The fourth-order valence-corrected chi connectivity index (χ4v) is 3.81. The number of alkyl carbamates (subject to hydrolysis) is 1. The lowest BCUT2D eigenvalue weighted by molar-refractivity contribution is -0.137. The van der Waals surface area contributed by atoms with Crippen LogP contribution < -0.4 is 5.32 Å². The van der Waals surface area contributed by atoms with Gasteiger partial charge in [0.2, 0.25) is 0 Å². The highest BCUT2D eigenvalue weighted by Crippen LogP contribution is 2.33. The Morgan fingerprint density at radius 3 is 2.45 bits per heavy atom. The van der Waals surface area contributed by atoms with E-state index in [1.54, 1.807) is 32.2 Å². The van der Waals surface area contributed by atoms with Gasteiger partial charge in [0.25, 0.3) is 0 Å². The number of nitrogens with one attached hydrogen (secondary N) is 1. The van der Waals surface area contributed by atoms with Crippen LogP contribution in [0.4, 0.5) is 18.0 Å². The summed E-state index contributed by atoms with van der Waals surface area (Å²) < 4.78 is 44.6. The van der Waals surface area contributed by atoms with Crippen LogP contribution in [0.2, 0.25) is 0 Å². The van der Waals surface area contributed by atoms with Gasteiger partial charge in [-0.15, -0.1) is 11.3 Å². The van der Waals surface area contributed by atoms with E-state index in [1.807, 2.05) is 30.3 Å². The van der Waals surface area contributed by atoms with Crippen molar-refractivity contribution in [2.45, 2.75) is 45.0 Å². The second kappa shape index (κ2) is 9.09. The summed E-state index contributed by atoms with van der Waals surface area (Å²) in [5.74, 6) is 0. The Morgan fingerprint density at radius 1 is 1.10 bits per heavy atom. The third-order valence-corrected chi connectivity index (χ3v) is 5.24. The number of benzene rings is 2. The molecular formula is C23H23F3N2O2S. The van der Waals surface area contributed by atoms with Gasteiger partial charge in [-0.25, -0.2) is 9.78 Å². The van der Waals surface area contributed by atoms with E-state index in [0.29, 0.717) is 22.7 Å². The van der Waals surface area contributed by atoms with E-state index < -0.39 is 29.5 Å². The molecule has 164 valence electrons. The van der Waals surface area contributed by atoms with E-state index in [9.17, 15) is 18.0 Å². The molecule has 3 rings (SSSR count). The normalized spacial score (nSPS) is 13.0. The lowest BCUT2D eigenvalue weighted by Crippen LogP contribution is -2.35. The summed E-state index contributed by atoms with van der Waals surface area (Å²) in [6, 6.07) is 14.1. The van der Waals surface area contributed by atoms with Crippen molar-refractivity contribution < 1.29 is 22.7 Å². The molecule has 1 atom stereocenters. The summed E-state index contributed by atoms with van der Waals surface area (Å²) in [6.45, 7) is 5.32. The van der Waals surface area contributed by atoms with Crippen LogP contribution in [0.25, 0.3) is 11.3 Å². The Morgan fingerprint density at radius 2 is 1.81 bits per heavy atom. The molecule has 4 nitrogen and oxygen atoms in total. The second-order valence-corrected chi connectivity index (χ2v) is 8.93. The van der Waals surface area contributed by atoms with Crippen molar-refractivity contribution in [2.75, 3.05) is 0 Å². The van der Waals surface area contributed by atoms with Crippen LogP contribution in [-0.2, 0) is 17.3 Å². The highest BCUT2D eigenvalue weighted by atomic mass is 32.1. The minimum absolute atomic E-state index is 0.369. The van der Waals surface area contributed by atoms with Gasteiger partial charge in [0.15, 0.2) is 0 Å². The number of halogens is 3. The van der Waals surface area contributed by atoms with Gasteiger partial charge in [-0.1, -0.05) is 42.5 Å². The maximum Gasteiger partial charge on any atom is 0.416 e. The molecule has 1 aromatic heterocycles. The first-order chi connectivity index (χ1) is 14.5. The summed E-state index contributed by atoms with van der Waals surface area (Å²) in [5, 5.41) is 5.12. The van der Waals surface area contributed by atoms with Gasteiger partial charge in [-0.3, -0.25) is 0 Å². The van der Waals surface area contributed by atoms with Crippen molar-refractivity contribution in [2.24, 2.45) is 0 Å². The average molecular weight is 449 g/mol. The number of alkyl halides is 3. The summed E-state index contributed by atoms with van der Waals surface area (Å²) in [7, 11) is 0. The highest BCUT2D eigenvalue weighted by Gasteiger charge is 2.31. The van der Waals surface area contributed by atoms with Crippen LogP contribution in [0.5, 0.6) is 0 Å². The topological polar surface area (TPSA) is 51.2 Å². The molecule has 2 aromatic carbocycles. The number of nitrogens with zero attached hydrogens (tertiary/aromatic N) is 1. The second-order valence-electron chi connectivity index (χ2n) is 8.04. The van der Waals surface area contributed by atoms with Gasteiger partial charge >= 0.3 is 12.3 Å². The predicted octanol–water partition coefficient (Wildman–Crippen LogP) is 6.64. The van der Waals surface area contributed by atoms with E-state index in [1.165, 1.54) is 17.4 Å². The molecule has 0 bridgehead atoms. The number of thiazole rings is 1. The molecule has 1 amide bonds. The molecule has 0 radical (unpaired) electrons. The van der Waals surface area contributed by atoms with Gasteiger partial charge < -0.3 is 10.1 Å². The molecule has 0 spiro atoms. The molecule has 1 N–H and O–H groups in total. The minimum Gasteiger partial charge on any atom is -0.444 e. The van der Waals surface area contributed by atoms with Crippen molar-refractivity contribution in [1.29, 1.82) is 0 Å². The smallest absolute Gasteiger partial charge is 0.416 e. The van der Waals surface area contributed by atoms with Gasteiger partial charge in [0.1, 0.15) is 10.6 Å². The zero-order valence-electron chi connectivity index (χ0n) is 17.4. The van der Waals surface area contributed by atoms with Crippen LogP contribution in [0.1, 0.15) is 42.9 Å². The molecule has 0 saturated heterocycles. The number of carbonyl (C=O) groups is 1. The summed E-state index contributed by atoms with van der Waals surface area (Å²) in [6.07, 6.45) is -4.54. The van der Waals surface area contributed by atoms with Gasteiger partial charge in [0.05, 0.1) is 17.3 Å². The molecule has 0 aliphatic rings. The third kappa shape index (κ3) is 6.55. The van der Waals surface area contributed by atoms with Gasteiger partial charge in [0, 0.05) is 10.9 Å². The van der Waals surface area contributed by atoms with E-state index in [2.05, 4.69) is 10.3 Å². The fraction of sp³-hybridized carbons (Fsp3) is 0.304. The Kier molecular flexibility index (Phi) is 6.69. The molecular weight excluding hydrogens is 425 g/mol. The molecule has 0 aliphatic heterocycles. The van der Waals surface area contributed by atoms with E-state index in [4.69, 9.17) is 4.74 Å². The lowest BCUT2D eigenvalue weighted by Gasteiger charge is -2.23. The number of carbonyl (C=O) groups excluding carboxylic acids is 1. The summed E-state index contributed by atoms with van der Waals surface area (Å²) in [4.78, 5) is 16.9.